The van der Waals surface area contributed by atoms with Crippen LogP contribution in [0.25, 0.3) is 0 Å². The first-order valence-corrected chi connectivity index (χ1v) is 5.51. The average molecular weight is 213 g/mol. The van der Waals surface area contributed by atoms with Crippen LogP contribution in [-0.4, -0.2) is 10.4 Å². The largest absolute Gasteiger partial charge is 0.351 e. The molecule has 0 fully saturated rings. The van der Waals surface area contributed by atoms with Crippen LogP contribution in [-0.2, 0) is 6.42 Å². The van der Waals surface area contributed by atoms with Gasteiger partial charge in [0.1, 0.15) is 5.00 Å². The summed E-state index contributed by atoms with van der Waals surface area (Å²) in [5.74, 6) is 0. The monoisotopic (exact) mass is 213 g/mol. The van der Waals surface area contributed by atoms with Crippen LogP contribution in [0.2, 0.25) is 0 Å². The number of carbonyl (C=O) groups excluding carboxylic acids is 1. The number of aryl methyl sites for hydroxylation is 1. The lowest BCUT2D eigenvalue weighted by Gasteiger charge is -1.94. The van der Waals surface area contributed by atoms with Gasteiger partial charge in [0.2, 0.25) is 0 Å². The smallest absolute Gasteiger partial charge is 0.317 e. The number of carbonyl (C=O) groups is 1. The molecule has 1 aromatic heterocycles. The zero-order valence-electron chi connectivity index (χ0n) is 8.25. The van der Waals surface area contributed by atoms with Gasteiger partial charge in [-0.1, -0.05) is 19.8 Å². The SMILES string of the molecule is CCCCCc1cc(NC(N)=O)sn1. The Bertz CT molecular complexity index is 298. The van der Waals surface area contributed by atoms with Crippen molar-refractivity contribution in [1.29, 1.82) is 0 Å². The first-order valence-electron chi connectivity index (χ1n) is 4.74. The second-order valence-electron chi connectivity index (χ2n) is 3.13. The standard InChI is InChI=1S/C9H15N3OS/c1-2-3-4-5-7-6-8(14-12-7)11-9(10)13/h6H,2-5H2,1H3,(H3,10,11,13). The highest BCUT2D eigenvalue weighted by Gasteiger charge is 2.02. The summed E-state index contributed by atoms with van der Waals surface area (Å²) in [4.78, 5) is 10.5. The highest BCUT2D eigenvalue weighted by atomic mass is 32.1. The number of rotatable bonds is 5. The van der Waals surface area contributed by atoms with Gasteiger partial charge < -0.3 is 5.73 Å². The molecule has 1 heterocycles. The number of hydrogen-bond donors (Lipinski definition) is 2. The zero-order valence-corrected chi connectivity index (χ0v) is 9.06. The summed E-state index contributed by atoms with van der Waals surface area (Å²) >= 11 is 1.27. The Hall–Kier alpha value is -1.10. The van der Waals surface area contributed by atoms with Gasteiger partial charge >= 0.3 is 6.03 Å². The Morgan fingerprint density at radius 1 is 1.64 bits per heavy atom. The van der Waals surface area contributed by atoms with Crippen LogP contribution in [0.1, 0.15) is 31.9 Å². The molecule has 0 aliphatic heterocycles. The van der Waals surface area contributed by atoms with Crippen molar-refractivity contribution in [3.63, 3.8) is 0 Å². The highest BCUT2D eigenvalue weighted by molar-refractivity contribution is 7.10. The van der Waals surface area contributed by atoms with E-state index in [1.807, 2.05) is 6.07 Å². The fourth-order valence-corrected chi connectivity index (χ4v) is 1.86. The van der Waals surface area contributed by atoms with Gasteiger partial charge in [0, 0.05) is 0 Å². The molecule has 1 aromatic rings. The number of urea groups is 1. The van der Waals surface area contributed by atoms with E-state index in [0.717, 1.165) is 23.5 Å². The molecule has 4 nitrogen and oxygen atoms in total. The minimum absolute atomic E-state index is 0.534. The summed E-state index contributed by atoms with van der Waals surface area (Å²) in [6.45, 7) is 2.17. The molecule has 3 N–H and O–H groups in total. The van der Waals surface area contributed by atoms with Gasteiger partial charge in [-0.25, -0.2) is 4.79 Å². The minimum Gasteiger partial charge on any atom is -0.351 e. The molecule has 1 rings (SSSR count). The van der Waals surface area contributed by atoms with E-state index in [0.29, 0.717) is 0 Å². The van der Waals surface area contributed by atoms with Crippen LogP contribution in [0.15, 0.2) is 6.07 Å². The number of nitrogens with zero attached hydrogens (tertiary/aromatic N) is 1. The quantitative estimate of drug-likeness (QED) is 0.737. The van der Waals surface area contributed by atoms with Crippen molar-refractivity contribution in [2.24, 2.45) is 5.73 Å². The van der Waals surface area contributed by atoms with Crippen LogP contribution >= 0.6 is 11.5 Å². The van der Waals surface area contributed by atoms with E-state index in [1.54, 1.807) is 0 Å². The van der Waals surface area contributed by atoms with Crippen molar-refractivity contribution in [3.05, 3.63) is 11.8 Å². The molecular formula is C9H15N3OS. The Balaban J connectivity index is 2.38. The zero-order chi connectivity index (χ0) is 10.4. The molecule has 0 saturated heterocycles. The molecule has 5 heteroatoms. The first kappa shape index (κ1) is 11.0. The molecule has 0 aromatic carbocycles. The van der Waals surface area contributed by atoms with Crippen LogP contribution in [0.4, 0.5) is 9.80 Å². The molecule has 14 heavy (non-hydrogen) atoms. The van der Waals surface area contributed by atoms with Gasteiger partial charge in [-0.2, -0.15) is 4.37 Å². The summed E-state index contributed by atoms with van der Waals surface area (Å²) < 4.78 is 4.21. The lowest BCUT2D eigenvalue weighted by molar-refractivity contribution is 0.259. The number of unbranched alkanes of at least 4 members (excludes halogenated alkanes) is 2. The molecule has 2 amide bonds. The van der Waals surface area contributed by atoms with Gasteiger partial charge in [0.15, 0.2) is 0 Å². The predicted molar refractivity (Wildman–Crippen MR) is 58.5 cm³/mol. The van der Waals surface area contributed by atoms with E-state index in [2.05, 4.69) is 16.6 Å². The van der Waals surface area contributed by atoms with Crippen molar-refractivity contribution in [3.8, 4) is 0 Å². The molecule has 0 bridgehead atoms. The van der Waals surface area contributed by atoms with Crippen LogP contribution < -0.4 is 11.1 Å². The van der Waals surface area contributed by atoms with E-state index in [9.17, 15) is 4.79 Å². The number of primary amides is 1. The Kier molecular flexibility index (Phi) is 4.39. The van der Waals surface area contributed by atoms with Crippen LogP contribution in [0.3, 0.4) is 0 Å². The summed E-state index contributed by atoms with van der Waals surface area (Å²) in [7, 11) is 0. The van der Waals surface area contributed by atoms with Crippen molar-refractivity contribution >= 4 is 22.6 Å². The molecule has 0 saturated carbocycles. The lowest BCUT2D eigenvalue weighted by Crippen LogP contribution is -2.18. The van der Waals surface area contributed by atoms with Crippen LogP contribution in [0.5, 0.6) is 0 Å². The van der Waals surface area contributed by atoms with Gasteiger partial charge in [0.25, 0.3) is 0 Å². The number of anilines is 1. The summed E-state index contributed by atoms with van der Waals surface area (Å²) in [6, 6.07) is 1.35. The molecular weight excluding hydrogens is 198 g/mol. The van der Waals surface area contributed by atoms with E-state index in [-0.39, 0.29) is 0 Å². The van der Waals surface area contributed by atoms with Crippen molar-refractivity contribution in [1.82, 2.24) is 4.37 Å². The van der Waals surface area contributed by atoms with Crippen molar-refractivity contribution < 1.29 is 4.79 Å². The third kappa shape index (κ3) is 3.74. The summed E-state index contributed by atoms with van der Waals surface area (Å²) in [5, 5.41) is 3.24. The molecule has 78 valence electrons. The number of nitrogens with one attached hydrogen (secondary N) is 1. The lowest BCUT2D eigenvalue weighted by atomic mass is 10.2. The number of amides is 2. The molecule has 0 unspecified atom stereocenters. The molecule has 0 aliphatic carbocycles. The third-order valence-electron chi connectivity index (χ3n) is 1.84. The molecule has 0 spiro atoms. The summed E-state index contributed by atoms with van der Waals surface area (Å²) in [6.07, 6.45) is 4.55. The highest BCUT2D eigenvalue weighted by Crippen LogP contribution is 2.17. The summed E-state index contributed by atoms with van der Waals surface area (Å²) in [5.41, 5.74) is 6.02. The Morgan fingerprint density at radius 3 is 3.07 bits per heavy atom. The second-order valence-corrected chi connectivity index (χ2v) is 3.93. The van der Waals surface area contributed by atoms with Gasteiger partial charge in [-0.3, -0.25) is 5.32 Å². The van der Waals surface area contributed by atoms with E-state index in [4.69, 9.17) is 5.73 Å². The maximum absolute atomic E-state index is 10.5. The number of aromatic nitrogens is 1. The first-order chi connectivity index (χ1) is 6.72. The second kappa shape index (κ2) is 5.59. The Labute approximate surface area is 87.7 Å². The van der Waals surface area contributed by atoms with E-state index < -0.39 is 6.03 Å². The van der Waals surface area contributed by atoms with Gasteiger partial charge in [-0.15, -0.1) is 0 Å². The average Bonchev–Trinajstić information content (AvgIpc) is 2.52. The number of nitrogens with two attached hydrogens (primary N) is 1. The maximum Gasteiger partial charge on any atom is 0.317 e. The fourth-order valence-electron chi connectivity index (χ4n) is 1.17. The van der Waals surface area contributed by atoms with Gasteiger partial charge in [0.05, 0.1) is 5.69 Å². The number of hydrogen-bond acceptors (Lipinski definition) is 3. The van der Waals surface area contributed by atoms with Crippen molar-refractivity contribution in [2.45, 2.75) is 32.6 Å². The third-order valence-corrected chi connectivity index (χ3v) is 2.58. The van der Waals surface area contributed by atoms with Gasteiger partial charge in [-0.05, 0) is 30.4 Å². The van der Waals surface area contributed by atoms with E-state index >= 15 is 0 Å². The molecule has 0 aliphatic rings. The fraction of sp³-hybridized carbons (Fsp3) is 0.556. The van der Waals surface area contributed by atoms with Crippen molar-refractivity contribution in [2.75, 3.05) is 5.32 Å². The van der Waals surface area contributed by atoms with E-state index in [1.165, 1.54) is 24.4 Å². The minimum atomic E-state index is -0.534. The molecule has 0 atom stereocenters. The van der Waals surface area contributed by atoms with Crippen LogP contribution in [0, 0.1) is 0 Å². The normalized spacial score (nSPS) is 10.1. The predicted octanol–water partition coefficient (Wildman–Crippen LogP) is 2.37. The Morgan fingerprint density at radius 2 is 2.43 bits per heavy atom. The maximum atomic E-state index is 10.5. The molecule has 0 radical (unpaired) electrons. The topological polar surface area (TPSA) is 68.0 Å².